The highest BCUT2D eigenvalue weighted by Gasteiger charge is 2.44. The molecule has 0 saturated heterocycles. The number of para-hydroxylation sites is 1. The number of nitrogens with one attached hydrogen (secondary N) is 1. The lowest BCUT2D eigenvalue weighted by Gasteiger charge is -2.33. The zero-order valence-corrected chi connectivity index (χ0v) is 15.6. The van der Waals surface area contributed by atoms with Crippen LogP contribution in [0.25, 0.3) is 0 Å². The van der Waals surface area contributed by atoms with Crippen LogP contribution in [0.1, 0.15) is 40.1 Å². The fraction of sp³-hybridized carbons (Fsp3) is 0.286. The van der Waals surface area contributed by atoms with E-state index in [1.807, 2.05) is 31.2 Å². The van der Waals surface area contributed by atoms with Crippen LogP contribution >= 0.6 is 0 Å². The van der Waals surface area contributed by atoms with E-state index in [-0.39, 0.29) is 30.9 Å². The van der Waals surface area contributed by atoms with Gasteiger partial charge in [0.15, 0.2) is 0 Å². The number of nitrogens with zero attached hydrogens (tertiary/aromatic N) is 1. The number of carbonyl (C=O) groups excluding carboxylic acids is 3. The van der Waals surface area contributed by atoms with Crippen molar-refractivity contribution in [3.8, 4) is 0 Å². The maximum absolute atomic E-state index is 12.6. The third-order valence-electron chi connectivity index (χ3n) is 4.51. The van der Waals surface area contributed by atoms with Crippen LogP contribution in [-0.4, -0.2) is 41.4 Å². The Morgan fingerprint density at radius 2 is 1.56 bits per heavy atom. The van der Waals surface area contributed by atoms with Crippen molar-refractivity contribution in [3.05, 3.63) is 65.2 Å². The van der Waals surface area contributed by atoms with E-state index < -0.39 is 5.54 Å². The number of amides is 3. The minimum Gasteiger partial charge on any atom is -0.369 e. The first kappa shape index (κ1) is 18.8. The van der Waals surface area contributed by atoms with Crippen LogP contribution in [0.5, 0.6) is 0 Å². The normalized spacial score (nSPS) is 13.7. The van der Waals surface area contributed by atoms with E-state index in [4.69, 9.17) is 4.74 Å². The van der Waals surface area contributed by atoms with Gasteiger partial charge >= 0.3 is 0 Å². The fourth-order valence-corrected chi connectivity index (χ4v) is 3.10. The smallest absolute Gasteiger partial charge is 0.262 e. The minimum absolute atomic E-state index is 0.0552. The number of ether oxygens (including phenoxy) is 1. The predicted molar refractivity (Wildman–Crippen MR) is 102 cm³/mol. The molecule has 1 N–H and O–H groups in total. The Morgan fingerprint density at radius 3 is 2.15 bits per heavy atom. The molecule has 1 aliphatic heterocycles. The number of carbonyl (C=O) groups is 3. The zero-order valence-electron chi connectivity index (χ0n) is 15.6. The van der Waals surface area contributed by atoms with E-state index in [1.165, 1.54) is 4.90 Å². The first-order valence-corrected chi connectivity index (χ1v) is 8.72. The second-order valence-corrected chi connectivity index (χ2v) is 7.16. The molecule has 3 amide bonds. The van der Waals surface area contributed by atoms with Gasteiger partial charge in [-0.2, -0.15) is 0 Å². The molecular formula is C21H22N2O4. The number of anilines is 1. The van der Waals surface area contributed by atoms with Crippen LogP contribution in [0.3, 0.4) is 0 Å². The average Bonchev–Trinajstić information content (AvgIpc) is 2.89. The summed E-state index contributed by atoms with van der Waals surface area (Å²) in [5.74, 6) is -0.968. The molecule has 0 spiro atoms. The summed E-state index contributed by atoms with van der Waals surface area (Å²) in [7, 11) is 0. The monoisotopic (exact) mass is 366 g/mol. The Hall–Kier alpha value is -2.99. The molecule has 140 valence electrons. The van der Waals surface area contributed by atoms with Crippen LogP contribution in [0.2, 0.25) is 0 Å². The van der Waals surface area contributed by atoms with E-state index >= 15 is 0 Å². The molecule has 2 aromatic carbocycles. The number of hydrogen-bond donors (Lipinski definition) is 1. The van der Waals surface area contributed by atoms with Gasteiger partial charge in [0.2, 0.25) is 5.91 Å². The van der Waals surface area contributed by atoms with Crippen molar-refractivity contribution in [2.75, 3.05) is 18.5 Å². The molecular weight excluding hydrogens is 344 g/mol. The third kappa shape index (κ3) is 3.75. The van der Waals surface area contributed by atoms with Crippen molar-refractivity contribution in [1.29, 1.82) is 0 Å². The van der Waals surface area contributed by atoms with Gasteiger partial charge < -0.3 is 10.1 Å². The lowest BCUT2D eigenvalue weighted by Crippen LogP contribution is -2.50. The topological polar surface area (TPSA) is 75.7 Å². The van der Waals surface area contributed by atoms with Gasteiger partial charge in [-0.15, -0.1) is 0 Å². The van der Waals surface area contributed by atoms with Crippen molar-refractivity contribution in [2.45, 2.75) is 26.3 Å². The molecule has 27 heavy (non-hydrogen) atoms. The summed E-state index contributed by atoms with van der Waals surface area (Å²) >= 11 is 0. The second kappa shape index (κ2) is 7.32. The molecule has 0 atom stereocenters. The molecule has 3 rings (SSSR count). The first-order chi connectivity index (χ1) is 12.8. The highest BCUT2D eigenvalue weighted by Crippen LogP contribution is 2.29. The van der Waals surface area contributed by atoms with Crippen molar-refractivity contribution < 1.29 is 19.1 Å². The molecule has 0 radical (unpaired) electrons. The molecule has 6 heteroatoms. The van der Waals surface area contributed by atoms with Gasteiger partial charge in [0.1, 0.15) is 6.61 Å². The maximum atomic E-state index is 12.6. The number of aryl methyl sites for hydroxylation is 1. The largest absolute Gasteiger partial charge is 0.369 e. The van der Waals surface area contributed by atoms with Gasteiger partial charge in [-0.25, -0.2) is 0 Å². The van der Waals surface area contributed by atoms with E-state index in [0.29, 0.717) is 11.1 Å². The van der Waals surface area contributed by atoms with Crippen molar-refractivity contribution in [2.24, 2.45) is 0 Å². The molecule has 1 heterocycles. The van der Waals surface area contributed by atoms with Crippen molar-refractivity contribution in [1.82, 2.24) is 4.90 Å². The molecule has 6 nitrogen and oxygen atoms in total. The van der Waals surface area contributed by atoms with Gasteiger partial charge in [0.05, 0.1) is 23.3 Å². The lowest BCUT2D eigenvalue weighted by atomic mass is 10.0. The molecule has 0 aliphatic carbocycles. The summed E-state index contributed by atoms with van der Waals surface area (Å²) in [6, 6.07) is 14.2. The summed E-state index contributed by atoms with van der Waals surface area (Å²) in [5, 5.41) is 2.79. The number of fused-ring (bicyclic) bond motifs is 1. The Kier molecular flexibility index (Phi) is 5.10. The Labute approximate surface area is 158 Å². The average molecular weight is 366 g/mol. The second-order valence-electron chi connectivity index (χ2n) is 7.16. The Balaban J connectivity index is 1.59. The van der Waals surface area contributed by atoms with Gasteiger partial charge in [-0.1, -0.05) is 30.3 Å². The summed E-state index contributed by atoms with van der Waals surface area (Å²) < 4.78 is 5.52. The maximum Gasteiger partial charge on any atom is 0.262 e. The van der Waals surface area contributed by atoms with E-state index in [0.717, 1.165) is 11.3 Å². The van der Waals surface area contributed by atoms with Crippen LogP contribution in [-0.2, 0) is 9.53 Å². The summed E-state index contributed by atoms with van der Waals surface area (Å²) in [5.41, 5.74) is 1.60. The van der Waals surface area contributed by atoms with E-state index in [1.54, 1.807) is 38.1 Å². The highest BCUT2D eigenvalue weighted by atomic mass is 16.5. The quantitative estimate of drug-likeness (QED) is 0.798. The van der Waals surface area contributed by atoms with E-state index in [2.05, 4.69) is 5.32 Å². The summed E-state index contributed by atoms with van der Waals surface area (Å²) in [6.45, 7) is 5.28. The molecule has 0 bridgehead atoms. The molecule has 0 unspecified atom stereocenters. The van der Waals surface area contributed by atoms with E-state index in [9.17, 15) is 14.4 Å². The third-order valence-corrected chi connectivity index (χ3v) is 4.51. The Bertz CT molecular complexity index is 870. The van der Waals surface area contributed by atoms with Crippen LogP contribution < -0.4 is 5.32 Å². The minimum atomic E-state index is -0.879. The molecule has 1 aliphatic rings. The molecule has 2 aromatic rings. The number of benzene rings is 2. The number of hydrogen-bond acceptors (Lipinski definition) is 4. The SMILES string of the molecule is Cc1ccccc1NC(=O)COCC(C)(C)N1C(=O)c2ccccc2C1=O. The zero-order chi connectivity index (χ0) is 19.6. The van der Waals surface area contributed by atoms with Crippen LogP contribution in [0.15, 0.2) is 48.5 Å². The fourth-order valence-electron chi connectivity index (χ4n) is 3.10. The van der Waals surface area contributed by atoms with Gasteiger partial charge in [0, 0.05) is 5.69 Å². The molecule has 0 fully saturated rings. The highest BCUT2D eigenvalue weighted by molar-refractivity contribution is 6.21. The first-order valence-electron chi connectivity index (χ1n) is 8.72. The molecule has 0 saturated carbocycles. The summed E-state index contributed by atoms with van der Waals surface area (Å²) in [4.78, 5) is 38.5. The number of imide groups is 1. The molecule has 0 aromatic heterocycles. The van der Waals surface area contributed by atoms with Crippen LogP contribution in [0, 0.1) is 6.92 Å². The predicted octanol–water partition coefficient (Wildman–Crippen LogP) is 3.02. The van der Waals surface area contributed by atoms with Gasteiger partial charge in [-0.05, 0) is 44.5 Å². The van der Waals surface area contributed by atoms with Gasteiger partial charge in [-0.3, -0.25) is 19.3 Å². The van der Waals surface area contributed by atoms with Crippen molar-refractivity contribution in [3.63, 3.8) is 0 Å². The van der Waals surface area contributed by atoms with Crippen molar-refractivity contribution >= 4 is 23.4 Å². The van der Waals surface area contributed by atoms with Gasteiger partial charge in [0.25, 0.3) is 11.8 Å². The Morgan fingerprint density at radius 1 is 1.00 bits per heavy atom. The number of rotatable bonds is 6. The van der Waals surface area contributed by atoms with Crippen LogP contribution in [0.4, 0.5) is 5.69 Å². The summed E-state index contributed by atoms with van der Waals surface area (Å²) in [6.07, 6.45) is 0. The lowest BCUT2D eigenvalue weighted by molar-refractivity contribution is -0.121. The standard InChI is InChI=1S/C21H22N2O4/c1-14-8-4-7-11-17(14)22-18(24)12-27-13-21(2,3)23-19(25)15-9-5-6-10-16(15)20(23)26/h4-11H,12-13H2,1-3H3,(H,22,24).